The van der Waals surface area contributed by atoms with Crippen molar-refractivity contribution >= 4 is 28.6 Å². The lowest BCUT2D eigenvalue weighted by Crippen LogP contribution is -2.45. The van der Waals surface area contributed by atoms with E-state index in [-0.39, 0.29) is 6.17 Å². The van der Waals surface area contributed by atoms with E-state index < -0.39 is 0 Å². The van der Waals surface area contributed by atoms with Crippen LogP contribution in [0, 0.1) is 0 Å². The van der Waals surface area contributed by atoms with Crippen LogP contribution in [0.1, 0.15) is 6.42 Å². The third kappa shape index (κ3) is 1.14. The van der Waals surface area contributed by atoms with E-state index in [9.17, 15) is 0 Å². The summed E-state index contributed by atoms with van der Waals surface area (Å²) in [6.07, 6.45) is 1.17. The van der Waals surface area contributed by atoms with Crippen LogP contribution in [0.2, 0.25) is 0 Å². The van der Waals surface area contributed by atoms with Gasteiger partial charge in [0, 0.05) is 6.42 Å². The minimum Gasteiger partial charge on any atom is -0.376 e. The zero-order valence-electron chi connectivity index (χ0n) is 7.58. The average Bonchev–Trinajstić information content (AvgIpc) is 2.53. The standard InChI is InChI=1S/C10H11N3S/c14-9-5-8-10(13-9)12-7-4-2-1-3-6(7)11-8/h1-4,8,10-12H,5H2,(H,13,14). The van der Waals surface area contributed by atoms with E-state index in [1.807, 2.05) is 12.1 Å². The first-order chi connectivity index (χ1) is 6.83. The summed E-state index contributed by atoms with van der Waals surface area (Å²) in [5.41, 5.74) is 2.31. The molecule has 1 aromatic carbocycles. The second-order valence-corrected chi connectivity index (χ2v) is 4.18. The van der Waals surface area contributed by atoms with Gasteiger partial charge in [0.05, 0.1) is 22.4 Å². The third-order valence-electron chi connectivity index (χ3n) is 2.70. The molecule has 0 radical (unpaired) electrons. The molecule has 14 heavy (non-hydrogen) atoms. The molecule has 2 aliphatic rings. The average molecular weight is 205 g/mol. The first kappa shape index (κ1) is 8.05. The van der Waals surface area contributed by atoms with E-state index in [1.54, 1.807) is 0 Å². The Morgan fingerprint density at radius 3 is 2.57 bits per heavy atom. The molecule has 2 unspecified atom stereocenters. The van der Waals surface area contributed by atoms with Crippen LogP contribution >= 0.6 is 12.2 Å². The lowest BCUT2D eigenvalue weighted by Gasteiger charge is -2.30. The van der Waals surface area contributed by atoms with E-state index >= 15 is 0 Å². The number of benzene rings is 1. The van der Waals surface area contributed by atoms with Gasteiger partial charge in [-0.1, -0.05) is 24.4 Å². The quantitative estimate of drug-likeness (QED) is 0.561. The van der Waals surface area contributed by atoms with Crippen molar-refractivity contribution in [2.24, 2.45) is 0 Å². The van der Waals surface area contributed by atoms with Gasteiger partial charge in [-0.05, 0) is 12.1 Å². The maximum atomic E-state index is 5.15. The highest BCUT2D eigenvalue weighted by Gasteiger charge is 2.33. The molecule has 1 fully saturated rings. The molecule has 3 N–H and O–H groups in total. The van der Waals surface area contributed by atoms with Crippen LogP contribution in [0.3, 0.4) is 0 Å². The summed E-state index contributed by atoms with van der Waals surface area (Å²) < 4.78 is 0. The second kappa shape index (κ2) is 2.85. The zero-order chi connectivity index (χ0) is 9.54. The molecule has 0 amide bonds. The number of rotatable bonds is 0. The van der Waals surface area contributed by atoms with Crippen molar-refractivity contribution in [3.05, 3.63) is 24.3 Å². The predicted octanol–water partition coefficient (Wildman–Crippen LogP) is 1.54. The molecule has 3 nitrogen and oxygen atoms in total. The fourth-order valence-corrected chi connectivity index (χ4v) is 2.33. The summed E-state index contributed by atoms with van der Waals surface area (Å²) in [5.74, 6) is 0. The molecule has 3 rings (SSSR count). The lowest BCUT2D eigenvalue weighted by atomic mass is 10.1. The fourth-order valence-electron chi connectivity index (χ4n) is 2.02. The van der Waals surface area contributed by atoms with E-state index in [1.165, 1.54) is 5.69 Å². The van der Waals surface area contributed by atoms with E-state index in [2.05, 4.69) is 28.1 Å². The van der Waals surface area contributed by atoms with Gasteiger partial charge in [-0.15, -0.1) is 0 Å². The van der Waals surface area contributed by atoms with Gasteiger partial charge in [-0.3, -0.25) is 0 Å². The highest BCUT2D eigenvalue weighted by Crippen LogP contribution is 2.30. The van der Waals surface area contributed by atoms with Crippen LogP contribution in [0.15, 0.2) is 24.3 Å². The van der Waals surface area contributed by atoms with Crippen molar-refractivity contribution in [3.8, 4) is 0 Å². The maximum absolute atomic E-state index is 5.15. The Labute approximate surface area is 87.9 Å². The summed E-state index contributed by atoms with van der Waals surface area (Å²) in [5, 5.41) is 10.2. The number of hydrogen-bond acceptors (Lipinski definition) is 3. The molecule has 1 saturated heterocycles. The molecule has 2 heterocycles. The molecular weight excluding hydrogens is 194 g/mol. The molecule has 2 aliphatic heterocycles. The molecule has 0 aromatic heterocycles. The molecule has 2 atom stereocenters. The van der Waals surface area contributed by atoms with Gasteiger partial charge in [0.25, 0.3) is 0 Å². The van der Waals surface area contributed by atoms with Crippen LogP contribution < -0.4 is 16.0 Å². The zero-order valence-corrected chi connectivity index (χ0v) is 8.40. The normalized spacial score (nSPS) is 28.1. The first-order valence-electron chi connectivity index (χ1n) is 4.74. The first-order valence-corrected chi connectivity index (χ1v) is 5.15. The van der Waals surface area contributed by atoms with Gasteiger partial charge >= 0.3 is 0 Å². The van der Waals surface area contributed by atoms with Gasteiger partial charge in [0.1, 0.15) is 6.17 Å². The Morgan fingerprint density at radius 1 is 1.07 bits per heavy atom. The Kier molecular flexibility index (Phi) is 1.64. The van der Waals surface area contributed by atoms with Crippen molar-refractivity contribution in [3.63, 3.8) is 0 Å². The molecule has 72 valence electrons. The third-order valence-corrected chi connectivity index (χ3v) is 2.99. The van der Waals surface area contributed by atoms with Gasteiger partial charge < -0.3 is 16.0 Å². The predicted molar refractivity (Wildman–Crippen MR) is 61.6 cm³/mol. The largest absolute Gasteiger partial charge is 0.376 e. The topological polar surface area (TPSA) is 36.1 Å². The molecular formula is C10H11N3S. The molecule has 0 spiro atoms. The summed E-state index contributed by atoms with van der Waals surface area (Å²) in [6.45, 7) is 0. The number of para-hydroxylation sites is 2. The van der Waals surface area contributed by atoms with Crippen molar-refractivity contribution in [2.45, 2.75) is 18.6 Å². The number of anilines is 2. The second-order valence-electron chi connectivity index (χ2n) is 3.69. The van der Waals surface area contributed by atoms with Gasteiger partial charge in [0.2, 0.25) is 0 Å². The monoisotopic (exact) mass is 205 g/mol. The van der Waals surface area contributed by atoms with Crippen LogP contribution in [-0.2, 0) is 0 Å². The van der Waals surface area contributed by atoms with Crippen LogP contribution in [-0.4, -0.2) is 17.2 Å². The number of thiocarbonyl (C=S) groups is 1. The van der Waals surface area contributed by atoms with E-state index in [0.717, 1.165) is 17.1 Å². The number of hydrogen-bond donors (Lipinski definition) is 3. The molecule has 0 bridgehead atoms. The van der Waals surface area contributed by atoms with Crippen LogP contribution in [0.5, 0.6) is 0 Å². The minimum atomic E-state index is 0.248. The Hall–Kier alpha value is -1.29. The summed E-state index contributed by atoms with van der Waals surface area (Å²) in [7, 11) is 0. The van der Waals surface area contributed by atoms with Gasteiger partial charge in [0.15, 0.2) is 0 Å². The van der Waals surface area contributed by atoms with Gasteiger partial charge in [-0.25, -0.2) is 0 Å². The highest BCUT2D eigenvalue weighted by atomic mass is 32.1. The maximum Gasteiger partial charge on any atom is 0.118 e. The van der Waals surface area contributed by atoms with Crippen LogP contribution in [0.4, 0.5) is 11.4 Å². The van der Waals surface area contributed by atoms with Gasteiger partial charge in [-0.2, -0.15) is 0 Å². The van der Waals surface area contributed by atoms with Crippen molar-refractivity contribution < 1.29 is 0 Å². The molecule has 0 aliphatic carbocycles. The van der Waals surface area contributed by atoms with E-state index in [4.69, 9.17) is 12.2 Å². The fraction of sp³-hybridized carbons (Fsp3) is 0.300. The molecule has 1 aromatic rings. The highest BCUT2D eigenvalue weighted by molar-refractivity contribution is 7.80. The molecule has 4 heteroatoms. The lowest BCUT2D eigenvalue weighted by molar-refractivity contribution is 0.625. The SMILES string of the molecule is S=C1CC2Nc3ccccc3NC2N1. The van der Waals surface area contributed by atoms with Crippen molar-refractivity contribution in [1.29, 1.82) is 0 Å². The Morgan fingerprint density at radius 2 is 1.79 bits per heavy atom. The van der Waals surface area contributed by atoms with Crippen LogP contribution in [0.25, 0.3) is 0 Å². The minimum absolute atomic E-state index is 0.248. The van der Waals surface area contributed by atoms with Crippen molar-refractivity contribution in [1.82, 2.24) is 5.32 Å². The molecule has 0 saturated carbocycles. The summed E-state index contributed by atoms with van der Waals surface area (Å²) in [4.78, 5) is 0.938. The van der Waals surface area contributed by atoms with E-state index in [0.29, 0.717) is 6.04 Å². The number of fused-ring (bicyclic) bond motifs is 2. The summed E-state index contributed by atoms with van der Waals surface area (Å²) in [6, 6.07) is 8.61. The smallest absolute Gasteiger partial charge is 0.118 e. The van der Waals surface area contributed by atoms with Crippen molar-refractivity contribution in [2.75, 3.05) is 10.6 Å². The Balaban J connectivity index is 1.95. The number of nitrogens with one attached hydrogen (secondary N) is 3. The summed E-state index contributed by atoms with van der Waals surface area (Å²) >= 11 is 5.15. The Bertz CT molecular complexity index is 356.